The molecule has 1 atom stereocenters. The molecule has 0 radical (unpaired) electrons. The summed E-state index contributed by atoms with van der Waals surface area (Å²) in [5.41, 5.74) is 1.58. The lowest BCUT2D eigenvalue weighted by Crippen LogP contribution is -2.42. The van der Waals surface area contributed by atoms with Crippen molar-refractivity contribution in [2.45, 2.75) is 18.9 Å². The second-order valence-corrected chi connectivity index (χ2v) is 6.20. The second-order valence-electron chi connectivity index (χ2n) is 6.20. The number of ether oxygens (including phenoxy) is 1. The zero-order chi connectivity index (χ0) is 17.6. The highest BCUT2D eigenvalue weighted by atomic mass is 16.5. The summed E-state index contributed by atoms with van der Waals surface area (Å²) in [7, 11) is 1.55. The molecule has 25 heavy (non-hydrogen) atoms. The van der Waals surface area contributed by atoms with E-state index in [0.717, 1.165) is 18.4 Å². The highest BCUT2D eigenvalue weighted by Crippen LogP contribution is 2.30. The van der Waals surface area contributed by atoms with Crippen LogP contribution in [0.2, 0.25) is 0 Å². The van der Waals surface area contributed by atoms with Gasteiger partial charge in [-0.1, -0.05) is 30.3 Å². The van der Waals surface area contributed by atoms with Gasteiger partial charge in [-0.3, -0.25) is 0 Å². The largest absolute Gasteiger partial charge is 0.481 e. The van der Waals surface area contributed by atoms with Gasteiger partial charge in [-0.15, -0.1) is 0 Å². The van der Waals surface area contributed by atoms with Crippen molar-refractivity contribution in [1.29, 1.82) is 0 Å². The number of anilines is 1. The molecule has 0 spiro atoms. The molecule has 0 aliphatic carbocycles. The minimum atomic E-state index is -0.475. The van der Waals surface area contributed by atoms with Crippen LogP contribution in [0.4, 0.5) is 10.5 Å². The third kappa shape index (κ3) is 4.28. The van der Waals surface area contributed by atoms with E-state index in [4.69, 9.17) is 4.74 Å². The normalized spacial score (nSPS) is 16.3. The van der Waals surface area contributed by atoms with Crippen LogP contribution in [-0.4, -0.2) is 41.2 Å². The van der Waals surface area contributed by atoms with Crippen LogP contribution >= 0.6 is 0 Å². The number of aliphatic hydroxyl groups excluding tert-OH is 1. The number of carbonyl (C=O) groups excluding carboxylic acids is 1. The van der Waals surface area contributed by atoms with Gasteiger partial charge in [-0.2, -0.15) is 0 Å². The van der Waals surface area contributed by atoms with Gasteiger partial charge >= 0.3 is 6.03 Å². The van der Waals surface area contributed by atoms with Gasteiger partial charge in [-0.05, 0) is 30.4 Å². The van der Waals surface area contributed by atoms with Crippen molar-refractivity contribution in [3.63, 3.8) is 0 Å². The fourth-order valence-electron chi connectivity index (χ4n) is 3.12. The Morgan fingerprint density at radius 3 is 2.56 bits per heavy atom. The quantitative estimate of drug-likeness (QED) is 0.896. The number of benzene rings is 1. The molecule has 1 saturated heterocycles. The molecule has 2 heterocycles. The van der Waals surface area contributed by atoms with E-state index in [1.165, 1.54) is 0 Å². The van der Waals surface area contributed by atoms with Crippen molar-refractivity contribution in [2.24, 2.45) is 5.92 Å². The molecule has 1 aliphatic heterocycles. The molecule has 1 aromatic heterocycles. The van der Waals surface area contributed by atoms with Crippen LogP contribution in [0.3, 0.4) is 0 Å². The van der Waals surface area contributed by atoms with Crippen LogP contribution in [0, 0.1) is 5.92 Å². The number of nitrogens with one attached hydrogen (secondary N) is 1. The molecule has 0 saturated carbocycles. The van der Waals surface area contributed by atoms with E-state index in [0.29, 0.717) is 24.7 Å². The summed E-state index contributed by atoms with van der Waals surface area (Å²) in [6.45, 7) is 1.26. The van der Waals surface area contributed by atoms with Crippen molar-refractivity contribution in [2.75, 3.05) is 25.5 Å². The summed E-state index contributed by atoms with van der Waals surface area (Å²) in [5, 5.41) is 13.4. The van der Waals surface area contributed by atoms with Crippen molar-refractivity contribution in [3.05, 3.63) is 54.2 Å². The molecule has 1 aromatic carbocycles. The highest BCUT2D eigenvalue weighted by Gasteiger charge is 2.28. The molecule has 2 N–H and O–H groups in total. The number of amides is 2. The fraction of sp³-hybridized carbons (Fsp3) is 0.368. The van der Waals surface area contributed by atoms with Crippen LogP contribution in [0.15, 0.2) is 48.7 Å². The number of likely N-dealkylation sites (tertiary alicyclic amines) is 1. The molecule has 6 nitrogen and oxygen atoms in total. The molecule has 6 heteroatoms. The Morgan fingerprint density at radius 2 is 1.96 bits per heavy atom. The van der Waals surface area contributed by atoms with Crippen molar-refractivity contribution >= 4 is 11.7 Å². The van der Waals surface area contributed by atoms with Gasteiger partial charge in [0.1, 0.15) is 0 Å². The first kappa shape index (κ1) is 17.2. The number of hydrogen-bond donors (Lipinski definition) is 2. The molecule has 1 fully saturated rings. The maximum absolute atomic E-state index is 12.4. The zero-order valence-electron chi connectivity index (χ0n) is 14.3. The van der Waals surface area contributed by atoms with Crippen LogP contribution in [0.25, 0.3) is 0 Å². The van der Waals surface area contributed by atoms with Crippen molar-refractivity contribution < 1.29 is 14.6 Å². The summed E-state index contributed by atoms with van der Waals surface area (Å²) in [5.74, 6) is 0.683. The third-order valence-electron chi connectivity index (χ3n) is 4.61. The SMILES string of the molecule is COc1ccc(NC(=O)N2CCC([C@@H](O)c3ccccc3)CC2)cn1. The summed E-state index contributed by atoms with van der Waals surface area (Å²) in [4.78, 5) is 18.2. The molecule has 0 unspecified atom stereocenters. The fourth-order valence-corrected chi connectivity index (χ4v) is 3.12. The number of urea groups is 1. The number of hydrogen-bond acceptors (Lipinski definition) is 4. The molecule has 0 bridgehead atoms. The Hall–Kier alpha value is -2.60. The lowest BCUT2D eigenvalue weighted by atomic mass is 9.87. The van der Waals surface area contributed by atoms with E-state index in [9.17, 15) is 9.90 Å². The molecule has 2 aromatic rings. The number of nitrogens with zero attached hydrogens (tertiary/aromatic N) is 2. The Balaban J connectivity index is 1.52. The Morgan fingerprint density at radius 1 is 1.24 bits per heavy atom. The standard InChI is InChI=1S/C19H23N3O3/c1-25-17-8-7-16(13-20-17)21-19(24)22-11-9-15(10-12-22)18(23)14-5-3-2-4-6-14/h2-8,13,15,18,23H,9-12H2,1H3,(H,21,24)/t18-/m0/s1. The monoisotopic (exact) mass is 341 g/mol. The number of piperidine rings is 1. The average Bonchev–Trinajstić information content (AvgIpc) is 2.69. The van der Waals surface area contributed by atoms with Gasteiger partial charge in [0.25, 0.3) is 0 Å². The van der Waals surface area contributed by atoms with Gasteiger partial charge < -0.3 is 20.1 Å². The van der Waals surface area contributed by atoms with E-state index >= 15 is 0 Å². The first-order chi connectivity index (χ1) is 12.2. The number of aromatic nitrogens is 1. The first-order valence-corrected chi connectivity index (χ1v) is 8.46. The molecule has 1 aliphatic rings. The molecule has 2 amide bonds. The molecular formula is C19H23N3O3. The van der Waals surface area contributed by atoms with Crippen molar-refractivity contribution in [3.8, 4) is 5.88 Å². The van der Waals surface area contributed by atoms with Gasteiger partial charge in [-0.25, -0.2) is 9.78 Å². The van der Waals surface area contributed by atoms with Crippen LogP contribution < -0.4 is 10.1 Å². The predicted octanol–water partition coefficient (Wildman–Crippen LogP) is 3.07. The van der Waals surface area contributed by atoms with Gasteiger partial charge in [0.2, 0.25) is 5.88 Å². The van der Waals surface area contributed by atoms with E-state index in [2.05, 4.69) is 10.3 Å². The van der Waals surface area contributed by atoms with Crippen LogP contribution in [0.5, 0.6) is 5.88 Å². The number of pyridine rings is 1. The Labute approximate surface area is 147 Å². The van der Waals surface area contributed by atoms with Crippen LogP contribution in [-0.2, 0) is 0 Å². The predicted molar refractivity (Wildman–Crippen MR) is 95.5 cm³/mol. The van der Waals surface area contributed by atoms with E-state index in [-0.39, 0.29) is 11.9 Å². The first-order valence-electron chi connectivity index (χ1n) is 8.46. The van der Waals surface area contributed by atoms with Gasteiger partial charge in [0.15, 0.2) is 0 Å². The molecule has 132 valence electrons. The number of aliphatic hydroxyl groups is 1. The maximum Gasteiger partial charge on any atom is 0.321 e. The Kier molecular flexibility index (Phi) is 5.50. The summed E-state index contributed by atoms with van der Waals surface area (Å²) in [6, 6.07) is 13.0. The molecular weight excluding hydrogens is 318 g/mol. The van der Waals surface area contributed by atoms with E-state index in [1.807, 2.05) is 30.3 Å². The maximum atomic E-state index is 12.4. The van der Waals surface area contributed by atoms with Gasteiger partial charge in [0, 0.05) is 19.2 Å². The number of carbonyl (C=O) groups is 1. The summed E-state index contributed by atoms with van der Waals surface area (Å²) < 4.78 is 5.00. The van der Waals surface area contributed by atoms with Gasteiger partial charge in [0.05, 0.1) is 25.1 Å². The second kappa shape index (κ2) is 7.98. The zero-order valence-corrected chi connectivity index (χ0v) is 14.3. The highest BCUT2D eigenvalue weighted by molar-refractivity contribution is 5.89. The van der Waals surface area contributed by atoms with Crippen molar-refractivity contribution in [1.82, 2.24) is 9.88 Å². The number of methoxy groups -OCH3 is 1. The smallest absolute Gasteiger partial charge is 0.321 e. The van der Waals surface area contributed by atoms with E-state index in [1.54, 1.807) is 30.3 Å². The average molecular weight is 341 g/mol. The number of rotatable bonds is 4. The molecule has 3 rings (SSSR count). The summed E-state index contributed by atoms with van der Waals surface area (Å²) >= 11 is 0. The third-order valence-corrected chi connectivity index (χ3v) is 4.61. The van der Waals surface area contributed by atoms with E-state index < -0.39 is 6.10 Å². The minimum absolute atomic E-state index is 0.139. The lowest BCUT2D eigenvalue weighted by Gasteiger charge is -2.34. The van der Waals surface area contributed by atoms with Crippen LogP contribution in [0.1, 0.15) is 24.5 Å². The topological polar surface area (TPSA) is 74.7 Å². The Bertz CT molecular complexity index is 683. The summed E-state index contributed by atoms with van der Waals surface area (Å²) in [6.07, 6.45) is 2.66. The lowest BCUT2D eigenvalue weighted by molar-refractivity contribution is 0.0683. The minimum Gasteiger partial charge on any atom is -0.481 e.